The van der Waals surface area contributed by atoms with E-state index in [9.17, 15) is 14.0 Å². The van der Waals surface area contributed by atoms with Crippen molar-refractivity contribution in [1.82, 2.24) is 9.88 Å². The number of carbonyl (C=O) groups is 2. The van der Waals surface area contributed by atoms with Crippen molar-refractivity contribution in [3.05, 3.63) is 70.6 Å². The van der Waals surface area contributed by atoms with E-state index < -0.39 is 5.97 Å². The number of nitrogens with one attached hydrogen (secondary N) is 2. The number of ether oxygens (including phenoxy) is 1. The molecule has 1 aromatic heterocycles. The molecule has 0 fully saturated rings. The van der Waals surface area contributed by atoms with Crippen LogP contribution in [0.2, 0.25) is 5.02 Å². The van der Waals surface area contributed by atoms with E-state index in [1.54, 1.807) is 30.3 Å². The zero-order valence-electron chi connectivity index (χ0n) is 16.9. The fourth-order valence-corrected chi connectivity index (χ4v) is 3.88. The van der Waals surface area contributed by atoms with Crippen molar-refractivity contribution >= 4 is 45.6 Å². The van der Waals surface area contributed by atoms with Gasteiger partial charge in [0.25, 0.3) is 0 Å². The number of benzene rings is 2. The average molecular weight is 442 g/mol. The number of aromatic amines is 1. The van der Waals surface area contributed by atoms with Gasteiger partial charge in [-0.2, -0.15) is 0 Å². The van der Waals surface area contributed by atoms with Crippen LogP contribution in [-0.4, -0.2) is 48.5 Å². The molecule has 1 aliphatic heterocycles. The molecule has 0 saturated heterocycles. The molecule has 8 heteroatoms. The van der Waals surface area contributed by atoms with Crippen LogP contribution in [0.3, 0.4) is 0 Å². The summed E-state index contributed by atoms with van der Waals surface area (Å²) in [5.74, 6) is -1.08. The number of hydrogen-bond donors (Lipinski definition) is 2. The van der Waals surface area contributed by atoms with Gasteiger partial charge >= 0.3 is 5.97 Å². The van der Waals surface area contributed by atoms with Gasteiger partial charge in [-0.15, -0.1) is 0 Å². The number of anilines is 1. The Morgan fingerprint density at radius 3 is 2.68 bits per heavy atom. The van der Waals surface area contributed by atoms with E-state index >= 15 is 0 Å². The van der Waals surface area contributed by atoms with Gasteiger partial charge in [-0.3, -0.25) is 9.69 Å². The van der Waals surface area contributed by atoms with E-state index in [0.29, 0.717) is 34.7 Å². The molecule has 160 valence electrons. The van der Waals surface area contributed by atoms with Crippen molar-refractivity contribution in [3.63, 3.8) is 0 Å². The minimum absolute atomic E-state index is 0.168. The molecule has 0 saturated carbocycles. The Morgan fingerprint density at radius 1 is 1.23 bits per heavy atom. The molecular formula is C23H21ClFN3O3. The number of fused-ring (bicyclic) bond motifs is 1. The summed E-state index contributed by atoms with van der Waals surface area (Å²) in [5, 5.41) is 3.97. The number of esters is 1. The van der Waals surface area contributed by atoms with E-state index in [2.05, 4.69) is 16.4 Å². The number of halogens is 2. The summed E-state index contributed by atoms with van der Waals surface area (Å²) in [6.45, 7) is 1.46. The second kappa shape index (κ2) is 8.91. The number of rotatable bonds is 5. The standard InChI is InChI=1S/C23H21ClFN3O3/c1-31-23(30)22-21(18-12-16(24)4-7-19(18)26-22)27-20(29)13-28-10-8-15(9-11-28)14-2-5-17(25)6-3-14/h2-8,12,26H,9-11,13H2,1H3,(H,27,29). The van der Waals surface area contributed by atoms with Gasteiger partial charge in [-0.25, -0.2) is 9.18 Å². The summed E-state index contributed by atoms with van der Waals surface area (Å²) < 4.78 is 18.0. The lowest BCUT2D eigenvalue weighted by molar-refractivity contribution is -0.117. The molecule has 2 N–H and O–H groups in total. The van der Waals surface area contributed by atoms with E-state index in [4.69, 9.17) is 16.3 Å². The van der Waals surface area contributed by atoms with Crippen molar-refractivity contribution in [2.24, 2.45) is 0 Å². The van der Waals surface area contributed by atoms with Gasteiger partial charge in [0.15, 0.2) is 0 Å². The van der Waals surface area contributed by atoms with Crippen LogP contribution >= 0.6 is 11.6 Å². The first-order valence-electron chi connectivity index (χ1n) is 9.81. The van der Waals surface area contributed by atoms with Crippen LogP contribution in [0.25, 0.3) is 16.5 Å². The van der Waals surface area contributed by atoms with Crippen molar-refractivity contribution in [2.45, 2.75) is 6.42 Å². The van der Waals surface area contributed by atoms with E-state index in [0.717, 1.165) is 17.6 Å². The Kier molecular flexibility index (Phi) is 6.06. The van der Waals surface area contributed by atoms with Gasteiger partial charge in [0.2, 0.25) is 5.91 Å². The maximum atomic E-state index is 13.1. The zero-order chi connectivity index (χ0) is 22.0. The summed E-state index contributed by atoms with van der Waals surface area (Å²) in [6.07, 6.45) is 2.81. The molecule has 1 amide bonds. The first kappa shape index (κ1) is 21.1. The highest BCUT2D eigenvalue weighted by molar-refractivity contribution is 6.31. The maximum Gasteiger partial charge on any atom is 0.356 e. The molecular weight excluding hydrogens is 421 g/mol. The first-order valence-corrected chi connectivity index (χ1v) is 10.2. The molecule has 3 aromatic rings. The molecule has 0 bridgehead atoms. The van der Waals surface area contributed by atoms with Crippen LogP contribution in [0.1, 0.15) is 22.5 Å². The lowest BCUT2D eigenvalue weighted by atomic mass is 9.99. The molecule has 1 aliphatic rings. The molecule has 2 aromatic carbocycles. The summed E-state index contributed by atoms with van der Waals surface area (Å²) >= 11 is 6.10. The minimum atomic E-state index is -0.576. The number of nitrogens with zero attached hydrogens (tertiary/aromatic N) is 1. The van der Waals surface area contributed by atoms with Gasteiger partial charge < -0.3 is 15.0 Å². The van der Waals surface area contributed by atoms with Gasteiger partial charge in [0.05, 0.1) is 19.3 Å². The number of aromatic nitrogens is 1. The third kappa shape index (κ3) is 4.62. The van der Waals surface area contributed by atoms with Gasteiger partial charge in [-0.05, 0) is 47.9 Å². The molecule has 0 aliphatic carbocycles. The molecule has 6 nitrogen and oxygen atoms in total. The van der Waals surface area contributed by atoms with E-state index in [1.165, 1.54) is 19.2 Å². The van der Waals surface area contributed by atoms with E-state index in [1.807, 2.05) is 4.90 Å². The lowest BCUT2D eigenvalue weighted by Crippen LogP contribution is -2.36. The lowest BCUT2D eigenvalue weighted by Gasteiger charge is -2.26. The highest BCUT2D eigenvalue weighted by atomic mass is 35.5. The Hall–Kier alpha value is -3.16. The Labute approximate surface area is 183 Å². The highest BCUT2D eigenvalue weighted by Crippen LogP contribution is 2.31. The summed E-state index contributed by atoms with van der Waals surface area (Å²) in [4.78, 5) is 29.9. The smallest absolute Gasteiger partial charge is 0.356 e. The highest BCUT2D eigenvalue weighted by Gasteiger charge is 2.22. The largest absolute Gasteiger partial charge is 0.464 e. The maximum absolute atomic E-state index is 13.1. The van der Waals surface area contributed by atoms with Crippen LogP contribution in [0.5, 0.6) is 0 Å². The number of methoxy groups -OCH3 is 1. The van der Waals surface area contributed by atoms with Crippen LogP contribution in [0.15, 0.2) is 48.5 Å². The predicted molar refractivity (Wildman–Crippen MR) is 119 cm³/mol. The summed E-state index contributed by atoms with van der Waals surface area (Å²) in [5.41, 5.74) is 3.32. The van der Waals surface area contributed by atoms with Crippen molar-refractivity contribution in [3.8, 4) is 0 Å². The van der Waals surface area contributed by atoms with Crippen molar-refractivity contribution in [1.29, 1.82) is 0 Å². The second-order valence-corrected chi connectivity index (χ2v) is 7.76. The minimum Gasteiger partial charge on any atom is -0.464 e. The Morgan fingerprint density at radius 2 is 2.00 bits per heavy atom. The van der Waals surface area contributed by atoms with Gasteiger partial charge in [-0.1, -0.05) is 29.8 Å². The van der Waals surface area contributed by atoms with Gasteiger partial charge in [0.1, 0.15) is 11.5 Å². The summed E-state index contributed by atoms with van der Waals surface area (Å²) in [6, 6.07) is 11.6. The molecule has 0 radical (unpaired) electrons. The van der Waals surface area contributed by atoms with Crippen LogP contribution in [0, 0.1) is 5.82 Å². The first-order chi connectivity index (χ1) is 14.9. The predicted octanol–water partition coefficient (Wildman–Crippen LogP) is 4.47. The molecule has 31 heavy (non-hydrogen) atoms. The number of amides is 1. The Balaban J connectivity index is 1.47. The SMILES string of the molecule is COC(=O)c1[nH]c2ccc(Cl)cc2c1NC(=O)CN1CC=C(c2ccc(F)cc2)CC1. The monoisotopic (exact) mass is 441 g/mol. The van der Waals surface area contributed by atoms with E-state index in [-0.39, 0.29) is 24.0 Å². The third-order valence-corrected chi connectivity index (χ3v) is 5.53. The molecule has 2 heterocycles. The van der Waals surface area contributed by atoms with Crippen LogP contribution in [-0.2, 0) is 9.53 Å². The van der Waals surface area contributed by atoms with Crippen molar-refractivity contribution in [2.75, 3.05) is 32.1 Å². The van der Waals surface area contributed by atoms with Gasteiger partial charge in [0, 0.05) is 29.0 Å². The fourth-order valence-electron chi connectivity index (χ4n) is 3.71. The number of H-pyrrole nitrogens is 1. The second-order valence-electron chi connectivity index (χ2n) is 7.33. The normalized spacial score (nSPS) is 14.4. The van der Waals surface area contributed by atoms with Crippen molar-refractivity contribution < 1.29 is 18.7 Å². The molecule has 4 rings (SSSR count). The number of hydrogen-bond acceptors (Lipinski definition) is 4. The van der Waals surface area contributed by atoms with Crippen LogP contribution in [0.4, 0.5) is 10.1 Å². The molecule has 0 unspecified atom stereocenters. The Bertz CT molecular complexity index is 1170. The topological polar surface area (TPSA) is 74.4 Å². The fraction of sp³-hybridized carbons (Fsp3) is 0.217. The zero-order valence-corrected chi connectivity index (χ0v) is 17.6. The third-order valence-electron chi connectivity index (χ3n) is 5.29. The quantitative estimate of drug-likeness (QED) is 0.573. The summed E-state index contributed by atoms with van der Waals surface area (Å²) in [7, 11) is 1.28. The molecule has 0 atom stereocenters. The number of carbonyl (C=O) groups excluding carboxylic acids is 2. The molecule has 0 spiro atoms. The van der Waals surface area contributed by atoms with Crippen LogP contribution < -0.4 is 5.32 Å². The average Bonchev–Trinajstić information content (AvgIpc) is 3.11.